The molecule has 2 aromatic heterocycles. The van der Waals surface area contributed by atoms with E-state index in [0.29, 0.717) is 58.7 Å². The van der Waals surface area contributed by atoms with E-state index in [1.807, 2.05) is 31.2 Å². The highest BCUT2D eigenvalue weighted by molar-refractivity contribution is 7.20. The number of aromatic nitrogens is 1. The highest BCUT2D eigenvalue weighted by Gasteiger charge is 2.63. The number of para-hydroxylation sites is 1. The molecule has 0 unspecified atom stereocenters. The van der Waals surface area contributed by atoms with Crippen molar-refractivity contribution in [1.82, 2.24) is 10.3 Å². The molecule has 2 fully saturated rings. The van der Waals surface area contributed by atoms with Crippen molar-refractivity contribution in [3.05, 3.63) is 53.4 Å². The first-order valence-corrected chi connectivity index (χ1v) is 16.1. The molecule has 2 aliphatic heterocycles. The van der Waals surface area contributed by atoms with Crippen molar-refractivity contribution in [1.29, 1.82) is 0 Å². The number of esters is 1. The van der Waals surface area contributed by atoms with Crippen LogP contribution in [-0.4, -0.2) is 74.7 Å². The Labute approximate surface area is 270 Å². The molecule has 1 saturated carbocycles. The quantitative estimate of drug-likeness (QED) is 0.249. The normalized spacial score (nSPS) is 22.6. The van der Waals surface area contributed by atoms with Crippen LogP contribution >= 0.6 is 11.3 Å². The average Bonchev–Trinajstić information content (AvgIpc) is 3.70. The Morgan fingerprint density at radius 1 is 1.17 bits per heavy atom. The molecule has 46 heavy (non-hydrogen) atoms. The molecule has 0 radical (unpaired) electrons. The first-order chi connectivity index (χ1) is 22.2. The molecule has 1 N–H and O–H groups in total. The Hall–Kier alpha value is -4.07. The number of hydrogen-bond acceptors (Lipinski definition) is 11. The van der Waals surface area contributed by atoms with Crippen molar-refractivity contribution >= 4 is 39.9 Å². The summed E-state index contributed by atoms with van der Waals surface area (Å²) in [6, 6.07) is 6.68. The molecule has 3 aliphatic rings. The number of ketones is 1. The van der Waals surface area contributed by atoms with Gasteiger partial charge in [-0.2, -0.15) is 0 Å². The summed E-state index contributed by atoms with van der Waals surface area (Å²) in [7, 11) is 2.84. The largest absolute Gasteiger partial charge is 0.496 e. The van der Waals surface area contributed by atoms with Crippen LogP contribution in [0.5, 0.6) is 5.75 Å². The number of methoxy groups -OCH3 is 2. The van der Waals surface area contributed by atoms with Gasteiger partial charge in [0.05, 0.1) is 43.5 Å². The minimum atomic E-state index is -1.44. The first-order valence-electron chi connectivity index (χ1n) is 15.3. The third-order valence-corrected chi connectivity index (χ3v) is 10.5. The van der Waals surface area contributed by atoms with Gasteiger partial charge >= 0.3 is 5.97 Å². The Morgan fingerprint density at radius 3 is 2.59 bits per heavy atom. The SMILES string of the molecule is COC(=O)[C@@H](C)NC(=O)C1CC2(C1)C(=O)c1c(sc(-c3ncco3)c1C)N(C[C@H](OC1CCOCC1)c1ccccc1OC)C2=O. The van der Waals surface area contributed by atoms with E-state index in [1.54, 1.807) is 12.0 Å². The van der Waals surface area contributed by atoms with Gasteiger partial charge in [-0.05, 0) is 51.2 Å². The lowest BCUT2D eigenvalue weighted by Gasteiger charge is -2.49. The fraction of sp³-hybridized carbons (Fsp3) is 0.485. The van der Waals surface area contributed by atoms with Gasteiger partial charge in [-0.1, -0.05) is 18.2 Å². The fourth-order valence-corrected chi connectivity index (χ4v) is 7.85. The molecule has 2 amide bonds. The minimum Gasteiger partial charge on any atom is -0.496 e. The third kappa shape index (κ3) is 5.60. The predicted octanol–water partition coefficient (Wildman–Crippen LogP) is 4.26. The Bertz CT molecular complexity index is 1620. The molecule has 244 valence electrons. The van der Waals surface area contributed by atoms with Gasteiger partial charge in [0.2, 0.25) is 17.7 Å². The molecule has 1 saturated heterocycles. The van der Waals surface area contributed by atoms with Crippen molar-refractivity contribution in [2.75, 3.05) is 38.9 Å². The monoisotopic (exact) mass is 651 g/mol. The topological polar surface area (TPSA) is 146 Å². The fourth-order valence-electron chi connectivity index (χ4n) is 6.60. The molecular formula is C33H37N3O9S. The number of anilines is 1. The second kappa shape index (κ2) is 13.0. The van der Waals surface area contributed by atoms with Gasteiger partial charge in [0.1, 0.15) is 34.6 Å². The van der Waals surface area contributed by atoms with Crippen LogP contribution in [0.3, 0.4) is 0 Å². The number of hydrogen-bond donors (Lipinski definition) is 1. The number of carbonyl (C=O) groups excluding carboxylic acids is 4. The number of nitrogens with one attached hydrogen (secondary N) is 1. The third-order valence-electron chi connectivity index (χ3n) is 9.15. The maximum atomic E-state index is 14.6. The molecule has 1 spiro atoms. The highest BCUT2D eigenvalue weighted by Crippen LogP contribution is 2.57. The van der Waals surface area contributed by atoms with Gasteiger partial charge in [-0.15, -0.1) is 11.3 Å². The highest BCUT2D eigenvalue weighted by atomic mass is 32.1. The van der Waals surface area contributed by atoms with Crippen molar-refractivity contribution < 1.29 is 42.5 Å². The molecule has 12 nitrogen and oxygen atoms in total. The summed E-state index contributed by atoms with van der Waals surface area (Å²) in [5.41, 5.74) is 0.425. The lowest BCUT2D eigenvalue weighted by molar-refractivity contribution is -0.147. The Morgan fingerprint density at radius 2 is 1.91 bits per heavy atom. The number of oxazole rings is 1. The van der Waals surface area contributed by atoms with E-state index < -0.39 is 35.4 Å². The Kier molecular flexibility index (Phi) is 8.99. The smallest absolute Gasteiger partial charge is 0.328 e. The van der Waals surface area contributed by atoms with E-state index in [1.165, 1.54) is 37.8 Å². The second-order valence-electron chi connectivity index (χ2n) is 11.9. The van der Waals surface area contributed by atoms with Gasteiger partial charge in [-0.25, -0.2) is 9.78 Å². The van der Waals surface area contributed by atoms with E-state index in [-0.39, 0.29) is 37.2 Å². The van der Waals surface area contributed by atoms with Gasteiger partial charge in [0.25, 0.3) is 0 Å². The van der Waals surface area contributed by atoms with E-state index in [9.17, 15) is 19.2 Å². The number of Topliss-reactive ketones (excluding diaryl/α,β-unsaturated/α-hetero) is 1. The summed E-state index contributed by atoms with van der Waals surface area (Å²) in [6.45, 7) is 4.62. The first kappa shape index (κ1) is 31.9. The molecule has 13 heteroatoms. The van der Waals surface area contributed by atoms with E-state index in [4.69, 9.17) is 23.4 Å². The summed E-state index contributed by atoms with van der Waals surface area (Å²) < 4.78 is 28.3. The lowest BCUT2D eigenvalue weighted by atomic mass is 9.56. The molecular weight excluding hydrogens is 614 g/mol. The zero-order valence-corrected chi connectivity index (χ0v) is 27.0. The van der Waals surface area contributed by atoms with Gasteiger partial charge in [0.15, 0.2) is 5.78 Å². The van der Waals surface area contributed by atoms with Crippen molar-refractivity contribution in [2.24, 2.45) is 11.3 Å². The summed E-state index contributed by atoms with van der Waals surface area (Å²) in [5.74, 6) is -1.34. The number of rotatable bonds is 10. The second-order valence-corrected chi connectivity index (χ2v) is 12.9. The summed E-state index contributed by atoms with van der Waals surface area (Å²) >= 11 is 1.28. The van der Waals surface area contributed by atoms with Gasteiger partial charge < -0.3 is 28.7 Å². The van der Waals surface area contributed by atoms with Crippen LogP contribution < -0.4 is 15.0 Å². The number of ether oxygens (including phenoxy) is 4. The van der Waals surface area contributed by atoms with Crippen LogP contribution in [0, 0.1) is 18.3 Å². The summed E-state index contributed by atoms with van der Waals surface area (Å²) in [4.78, 5) is 60.6. The lowest BCUT2D eigenvalue weighted by Crippen LogP contribution is -2.62. The van der Waals surface area contributed by atoms with Crippen molar-refractivity contribution in [3.8, 4) is 16.5 Å². The predicted molar refractivity (Wildman–Crippen MR) is 167 cm³/mol. The number of thiophene rings is 1. The number of nitrogens with zero attached hydrogens (tertiary/aromatic N) is 2. The maximum Gasteiger partial charge on any atom is 0.328 e. The van der Waals surface area contributed by atoms with Crippen LogP contribution in [-0.2, 0) is 28.6 Å². The molecule has 2 atom stereocenters. The van der Waals surface area contributed by atoms with E-state index in [2.05, 4.69) is 10.3 Å². The number of carbonyl (C=O) groups is 4. The summed E-state index contributed by atoms with van der Waals surface area (Å²) in [6.07, 6.45) is 3.76. The minimum absolute atomic E-state index is 0.0180. The average molecular weight is 652 g/mol. The zero-order chi connectivity index (χ0) is 32.6. The Balaban J connectivity index is 1.38. The number of benzene rings is 1. The standard InChI is InChI=1S/C33H37N3O9S/c1-18-25-27(37)33(15-20(16-33)28(38)35-19(2)31(39)42-4)32(40)36(30(25)46-26(18)29-34-11-14-44-29)17-24(45-21-9-12-43-13-10-21)22-7-5-6-8-23(22)41-3/h5-8,11,14,19-21,24H,9-10,12-13,15-17H2,1-4H3,(H,35,38)/t19-,20?,24+,33?/m1/s1. The van der Waals surface area contributed by atoms with Crippen LogP contribution in [0.1, 0.15) is 60.2 Å². The summed E-state index contributed by atoms with van der Waals surface area (Å²) in [5, 5.41) is 3.14. The molecule has 3 aromatic rings. The molecule has 4 heterocycles. The molecule has 6 rings (SSSR count). The molecule has 1 aliphatic carbocycles. The zero-order valence-electron chi connectivity index (χ0n) is 26.2. The van der Waals surface area contributed by atoms with E-state index in [0.717, 1.165) is 5.56 Å². The molecule has 1 aromatic carbocycles. The van der Waals surface area contributed by atoms with Crippen molar-refractivity contribution in [2.45, 2.75) is 57.8 Å². The van der Waals surface area contributed by atoms with E-state index >= 15 is 0 Å². The van der Waals surface area contributed by atoms with Crippen LogP contribution in [0.2, 0.25) is 0 Å². The maximum absolute atomic E-state index is 14.6. The van der Waals surface area contributed by atoms with Crippen LogP contribution in [0.25, 0.3) is 10.8 Å². The molecule has 0 bridgehead atoms. The number of amides is 2. The van der Waals surface area contributed by atoms with Gasteiger partial charge in [-0.3, -0.25) is 19.3 Å². The van der Waals surface area contributed by atoms with Crippen LogP contribution in [0.15, 0.2) is 41.1 Å². The van der Waals surface area contributed by atoms with Crippen LogP contribution in [0.4, 0.5) is 5.00 Å². The number of fused-ring (bicyclic) bond motifs is 1. The van der Waals surface area contributed by atoms with Gasteiger partial charge in [0, 0.05) is 24.7 Å². The van der Waals surface area contributed by atoms with Crippen molar-refractivity contribution in [3.63, 3.8) is 0 Å².